The second kappa shape index (κ2) is 2.17. The van der Waals surface area contributed by atoms with E-state index in [0.717, 1.165) is 0 Å². The van der Waals surface area contributed by atoms with E-state index in [4.69, 9.17) is 5.11 Å². The van der Waals surface area contributed by atoms with Crippen molar-refractivity contribution in [3.05, 3.63) is 0 Å². The molecule has 3 N–H and O–H groups in total. The molecule has 0 aromatic rings. The van der Waals surface area contributed by atoms with Gasteiger partial charge >= 0.3 is 0 Å². The number of carbonyl (C=O) groups is 1. The van der Waals surface area contributed by atoms with Crippen LogP contribution in [0.15, 0.2) is 0 Å². The fourth-order valence-electron chi connectivity index (χ4n) is 0. The first kappa shape index (κ1) is 5.94. The van der Waals surface area contributed by atoms with Crippen molar-refractivity contribution in [2.24, 2.45) is 5.73 Å². The van der Waals surface area contributed by atoms with Crippen LogP contribution in [0.4, 0.5) is 0 Å². The van der Waals surface area contributed by atoms with Gasteiger partial charge in [0.2, 0.25) is 5.12 Å². The Morgan fingerprint density at radius 3 is 2.17 bits per heavy atom. The minimum absolute atomic E-state index is 0.713. The van der Waals surface area contributed by atoms with Crippen LogP contribution in [0.5, 0.6) is 0 Å². The summed E-state index contributed by atoms with van der Waals surface area (Å²) in [5.74, 6) is 0. The number of carbonyl (C=O) groups excluding carboxylic acids is 1. The number of aliphatic hydroxyl groups excluding tert-OH is 1. The molecule has 0 saturated carbocycles. The molecule has 0 aromatic heterocycles. The highest BCUT2D eigenvalue weighted by molar-refractivity contribution is 7.96. The number of nitrogens with two attached hydrogens (primary N) is 1. The zero-order valence-electron chi connectivity index (χ0n) is 2.96. The van der Waals surface area contributed by atoms with Crippen molar-refractivity contribution in [2.75, 3.05) is 0 Å². The van der Waals surface area contributed by atoms with Gasteiger partial charge in [0.15, 0.2) is 6.23 Å². The van der Waals surface area contributed by atoms with E-state index in [1.54, 1.807) is 0 Å². The molecule has 0 aliphatic carbocycles. The molecule has 3 nitrogen and oxygen atoms in total. The Hall–Kier alpha value is -0.0600. The van der Waals surface area contributed by atoms with Crippen molar-refractivity contribution in [2.45, 2.75) is 6.23 Å². The molecule has 6 heavy (non-hydrogen) atoms. The first-order chi connectivity index (χ1) is 2.64. The Kier molecular flexibility index (Phi) is 2.15. The first-order valence-electron chi connectivity index (χ1n) is 1.31. The van der Waals surface area contributed by atoms with Gasteiger partial charge in [0.05, 0.1) is 0 Å². The van der Waals surface area contributed by atoms with Gasteiger partial charge in [0, 0.05) is 0 Å². The van der Waals surface area contributed by atoms with Gasteiger partial charge in [0.1, 0.15) is 0 Å². The van der Waals surface area contributed by atoms with E-state index in [0.29, 0.717) is 0 Å². The predicted octanol–water partition coefficient (Wildman–Crippen LogP) is -1.28. The molecule has 1 atom stereocenters. The van der Waals surface area contributed by atoms with E-state index < -0.39 is 11.3 Å². The molecular weight excluding hydrogens is 102 g/mol. The van der Waals surface area contributed by atoms with Gasteiger partial charge in [-0.15, -0.1) is 12.6 Å². The van der Waals surface area contributed by atoms with Crippen molar-refractivity contribution in [1.82, 2.24) is 0 Å². The fraction of sp³-hybridized carbons (Fsp3) is 0.500. The molecule has 0 rings (SSSR count). The van der Waals surface area contributed by atoms with Gasteiger partial charge in [-0.3, -0.25) is 10.5 Å². The molecular formula is C2H5NO2S. The maximum atomic E-state index is 9.63. The summed E-state index contributed by atoms with van der Waals surface area (Å²) in [5, 5.41) is 7.27. The van der Waals surface area contributed by atoms with E-state index in [2.05, 4.69) is 18.4 Å². The van der Waals surface area contributed by atoms with Crippen molar-refractivity contribution in [3.8, 4) is 0 Å². The molecule has 0 spiro atoms. The second-order valence-corrected chi connectivity index (χ2v) is 1.22. The summed E-state index contributed by atoms with van der Waals surface area (Å²) < 4.78 is 0. The minimum Gasteiger partial charge on any atom is -0.371 e. The van der Waals surface area contributed by atoms with E-state index >= 15 is 0 Å². The summed E-state index contributed by atoms with van der Waals surface area (Å²) in [6.07, 6.45) is -1.42. The minimum atomic E-state index is -1.42. The Bertz CT molecular complexity index is 62.6. The maximum absolute atomic E-state index is 9.63. The Morgan fingerprint density at radius 1 is 2.00 bits per heavy atom. The van der Waals surface area contributed by atoms with E-state index in [1.165, 1.54) is 0 Å². The maximum Gasteiger partial charge on any atom is 0.229 e. The highest BCUT2D eigenvalue weighted by atomic mass is 32.1. The number of rotatable bonds is 1. The van der Waals surface area contributed by atoms with Gasteiger partial charge in [-0.05, 0) is 0 Å². The molecule has 0 aliphatic heterocycles. The van der Waals surface area contributed by atoms with Crippen LogP contribution in [0.1, 0.15) is 0 Å². The number of thiol groups is 1. The third kappa shape index (κ3) is 2.19. The lowest BCUT2D eigenvalue weighted by molar-refractivity contribution is -0.117. The molecule has 0 amide bonds. The molecule has 0 fully saturated rings. The van der Waals surface area contributed by atoms with Crippen molar-refractivity contribution in [3.63, 3.8) is 0 Å². The molecule has 0 saturated heterocycles. The molecule has 0 heterocycles. The highest BCUT2D eigenvalue weighted by Crippen LogP contribution is 1.77. The van der Waals surface area contributed by atoms with Crippen LogP contribution in [0.3, 0.4) is 0 Å². The van der Waals surface area contributed by atoms with Crippen LogP contribution in [0.25, 0.3) is 0 Å². The summed E-state index contributed by atoms with van der Waals surface area (Å²) in [4.78, 5) is 9.63. The lowest BCUT2D eigenvalue weighted by Crippen LogP contribution is -2.25. The van der Waals surface area contributed by atoms with Gasteiger partial charge in [-0.1, -0.05) is 0 Å². The molecule has 0 aromatic carbocycles. The lowest BCUT2D eigenvalue weighted by atomic mass is 10.7. The third-order valence-electron chi connectivity index (χ3n) is 0.253. The summed E-state index contributed by atoms with van der Waals surface area (Å²) in [7, 11) is 0. The molecule has 0 radical (unpaired) electrons. The van der Waals surface area contributed by atoms with Gasteiger partial charge < -0.3 is 5.11 Å². The van der Waals surface area contributed by atoms with Crippen molar-refractivity contribution >= 4 is 17.7 Å². The number of hydrogen-bond acceptors (Lipinski definition) is 3. The van der Waals surface area contributed by atoms with Crippen LogP contribution in [0.2, 0.25) is 0 Å². The van der Waals surface area contributed by atoms with Gasteiger partial charge in [0.25, 0.3) is 0 Å². The smallest absolute Gasteiger partial charge is 0.229 e. The standard InChI is InChI=1S/C2H5NO2S/c3-1(4)2(5)6/h1,4H,3H2,(H,5,6). The Balaban J connectivity index is 3.26. The van der Waals surface area contributed by atoms with E-state index in [-0.39, 0.29) is 0 Å². The Morgan fingerprint density at radius 2 is 2.17 bits per heavy atom. The van der Waals surface area contributed by atoms with Gasteiger partial charge in [-0.2, -0.15) is 0 Å². The van der Waals surface area contributed by atoms with Gasteiger partial charge in [-0.25, -0.2) is 0 Å². The summed E-state index contributed by atoms with van der Waals surface area (Å²) in [6.45, 7) is 0. The largest absolute Gasteiger partial charge is 0.371 e. The second-order valence-electron chi connectivity index (χ2n) is 0.783. The highest BCUT2D eigenvalue weighted by Gasteiger charge is 1.99. The zero-order valence-corrected chi connectivity index (χ0v) is 3.85. The van der Waals surface area contributed by atoms with Crippen LogP contribution < -0.4 is 5.73 Å². The molecule has 4 heteroatoms. The summed E-state index contributed by atoms with van der Waals surface area (Å²) in [6, 6.07) is 0. The fourth-order valence-corrected chi connectivity index (χ4v) is 0. The third-order valence-corrected chi connectivity index (χ3v) is 0.518. The zero-order chi connectivity index (χ0) is 5.15. The van der Waals surface area contributed by atoms with Crippen LogP contribution >= 0.6 is 12.6 Å². The summed E-state index contributed by atoms with van der Waals surface area (Å²) in [5.41, 5.74) is 4.56. The Labute approximate surface area is 40.6 Å². The number of hydrogen-bond donors (Lipinski definition) is 3. The molecule has 36 valence electrons. The average Bonchev–Trinajstić information content (AvgIpc) is 1.36. The van der Waals surface area contributed by atoms with Crippen molar-refractivity contribution in [1.29, 1.82) is 0 Å². The van der Waals surface area contributed by atoms with E-state index in [1.807, 2.05) is 0 Å². The molecule has 0 aliphatic rings. The topological polar surface area (TPSA) is 63.3 Å². The van der Waals surface area contributed by atoms with Crippen molar-refractivity contribution < 1.29 is 9.90 Å². The number of aliphatic hydroxyl groups is 1. The quantitative estimate of drug-likeness (QED) is 0.289. The van der Waals surface area contributed by atoms with Crippen LogP contribution in [0, 0.1) is 0 Å². The predicted molar refractivity (Wildman–Crippen MR) is 24.2 cm³/mol. The lowest BCUT2D eigenvalue weighted by Gasteiger charge is -1.90. The SMILES string of the molecule is NC(O)C(=O)S. The monoisotopic (exact) mass is 107 g/mol. The summed E-state index contributed by atoms with van der Waals surface area (Å²) >= 11 is 3.18. The average molecular weight is 107 g/mol. The van der Waals surface area contributed by atoms with E-state index in [9.17, 15) is 4.79 Å². The van der Waals surface area contributed by atoms with Crippen LogP contribution in [-0.4, -0.2) is 16.4 Å². The first-order valence-corrected chi connectivity index (χ1v) is 1.76. The van der Waals surface area contributed by atoms with Crippen LogP contribution in [-0.2, 0) is 4.79 Å². The molecule has 1 unspecified atom stereocenters. The molecule has 0 bridgehead atoms. The normalized spacial score (nSPS) is 13.8.